The minimum atomic E-state index is -4.44. The minimum Gasteiger partial charge on any atom is -0.329 e. The van der Waals surface area contributed by atoms with Crippen molar-refractivity contribution in [3.8, 4) is 0 Å². The molecule has 1 fully saturated rings. The summed E-state index contributed by atoms with van der Waals surface area (Å²) in [7, 11) is 1.83. The summed E-state index contributed by atoms with van der Waals surface area (Å²) in [5.41, 5.74) is 1.35. The van der Waals surface area contributed by atoms with Crippen LogP contribution in [-0.4, -0.2) is 29.0 Å². The number of pyridine rings is 1. The van der Waals surface area contributed by atoms with Crippen LogP contribution in [0.15, 0.2) is 60.7 Å². The summed E-state index contributed by atoms with van der Waals surface area (Å²) in [5.74, 6) is 0.713. The fraction of sp³-hybridized carbons (Fsp3) is 0.200. The number of halogens is 3. The zero-order valence-electron chi connectivity index (χ0n) is 19.5. The van der Waals surface area contributed by atoms with Crippen molar-refractivity contribution in [1.29, 1.82) is 0 Å². The number of carbonyl (C=O) groups excluding carboxylic acids is 2. The maximum atomic E-state index is 12.7. The molecular formula is C25H21F3N6O2S. The molecule has 2 aromatic carbocycles. The van der Waals surface area contributed by atoms with Crippen molar-refractivity contribution < 1.29 is 22.8 Å². The molecule has 1 saturated carbocycles. The molecule has 37 heavy (non-hydrogen) atoms. The molecule has 2 heterocycles. The number of nitrogens with zero attached hydrogens (tertiary/aromatic N) is 3. The fourth-order valence-electron chi connectivity index (χ4n) is 3.56. The Morgan fingerprint density at radius 2 is 1.68 bits per heavy atom. The van der Waals surface area contributed by atoms with E-state index in [1.165, 1.54) is 23.5 Å². The number of thiazole rings is 1. The van der Waals surface area contributed by atoms with E-state index in [-0.39, 0.29) is 17.5 Å². The van der Waals surface area contributed by atoms with Crippen LogP contribution in [0.4, 0.5) is 46.0 Å². The van der Waals surface area contributed by atoms with E-state index in [1.54, 1.807) is 18.2 Å². The summed E-state index contributed by atoms with van der Waals surface area (Å²) >= 11 is 1.30. The highest BCUT2D eigenvalue weighted by atomic mass is 32.1. The Bertz CT molecular complexity index is 1470. The SMILES string of the molecule is CN(c1cccc(NC(=O)Nc2ccc(C(F)(F)F)cc2)c1)c1ccc2nc(NC(=O)C3CC3)sc2n1. The normalized spacial score (nSPS) is 13.3. The first-order valence-corrected chi connectivity index (χ1v) is 12.1. The Labute approximate surface area is 213 Å². The molecular weight excluding hydrogens is 505 g/mol. The molecule has 8 nitrogen and oxygen atoms in total. The lowest BCUT2D eigenvalue weighted by Gasteiger charge is -2.19. The molecule has 0 aliphatic heterocycles. The van der Waals surface area contributed by atoms with Crippen molar-refractivity contribution in [1.82, 2.24) is 9.97 Å². The number of fused-ring (bicyclic) bond motifs is 1. The molecule has 0 unspecified atom stereocenters. The van der Waals surface area contributed by atoms with E-state index in [9.17, 15) is 22.8 Å². The fourth-order valence-corrected chi connectivity index (χ4v) is 4.40. The maximum absolute atomic E-state index is 12.7. The van der Waals surface area contributed by atoms with E-state index < -0.39 is 17.8 Å². The molecule has 0 bridgehead atoms. The maximum Gasteiger partial charge on any atom is 0.416 e. The van der Waals surface area contributed by atoms with Gasteiger partial charge in [-0.2, -0.15) is 13.2 Å². The summed E-state index contributed by atoms with van der Waals surface area (Å²) in [5, 5.41) is 8.56. The number of aromatic nitrogens is 2. The molecule has 0 saturated heterocycles. The average Bonchev–Trinajstić information content (AvgIpc) is 3.63. The third-order valence-corrected chi connectivity index (χ3v) is 6.60. The molecule has 190 valence electrons. The van der Waals surface area contributed by atoms with E-state index >= 15 is 0 Å². The monoisotopic (exact) mass is 526 g/mol. The van der Waals surface area contributed by atoms with E-state index in [1.807, 2.05) is 30.1 Å². The van der Waals surface area contributed by atoms with Gasteiger partial charge in [0.2, 0.25) is 5.91 Å². The topological polar surface area (TPSA) is 99.3 Å². The third kappa shape index (κ3) is 5.80. The van der Waals surface area contributed by atoms with Crippen LogP contribution >= 0.6 is 11.3 Å². The van der Waals surface area contributed by atoms with Gasteiger partial charge >= 0.3 is 12.2 Å². The molecule has 0 spiro atoms. The molecule has 2 aromatic heterocycles. The van der Waals surface area contributed by atoms with Crippen LogP contribution in [-0.2, 0) is 11.0 Å². The molecule has 3 amide bonds. The summed E-state index contributed by atoms with van der Waals surface area (Å²) in [6.45, 7) is 0. The Hall–Kier alpha value is -4.19. The van der Waals surface area contributed by atoms with Crippen molar-refractivity contribution in [3.05, 3.63) is 66.2 Å². The van der Waals surface area contributed by atoms with Gasteiger partial charge in [-0.05, 0) is 67.4 Å². The Kier molecular flexibility index (Phi) is 6.42. The number of amides is 3. The quantitative estimate of drug-likeness (QED) is 0.267. The van der Waals surface area contributed by atoms with Crippen LogP contribution in [0, 0.1) is 5.92 Å². The number of benzene rings is 2. The number of nitrogens with one attached hydrogen (secondary N) is 3. The van der Waals surface area contributed by atoms with Gasteiger partial charge < -0.3 is 20.9 Å². The van der Waals surface area contributed by atoms with Crippen LogP contribution in [0.5, 0.6) is 0 Å². The second-order valence-electron chi connectivity index (χ2n) is 8.54. The predicted molar refractivity (Wildman–Crippen MR) is 137 cm³/mol. The summed E-state index contributed by atoms with van der Waals surface area (Å²) in [4.78, 5) is 36.0. The van der Waals surface area contributed by atoms with Crippen LogP contribution < -0.4 is 20.9 Å². The number of carbonyl (C=O) groups is 2. The summed E-state index contributed by atoms with van der Waals surface area (Å²) < 4.78 is 38.2. The number of rotatable bonds is 6. The third-order valence-electron chi connectivity index (χ3n) is 5.72. The Morgan fingerprint density at radius 1 is 0.946 bits per heavy atom. The van der Waals surface area contributed by atoms with Gasteiger partial charge in [0.05, 0.1) is 5.56 Å². The van der Waals surface area contributed by atoms with Gasteiger partial charge in [0.25, 0.3) is 0 Å². The van der Waals surface area contributed by atoms with Crippen molar-refractivity contribution in [2.45, 2.75) is 19.0 Å². The van der Waals surface area contributed by atoms with Gasteiger partial charge in [0.15, 0.2) is 5.13 Å². The molecule has 3 N–H and O–H groups in total. The second kappa shape index (κ2) is 9.69. The molecule has 0 radical (unpaired) electrons. The Balaban J connectivity index is 1.25. The summed E-state index contributed by atoms with van der Waals surface area (Å²) in [6.07, 6.45) is -2.62. The first-order chi connectivity index (χ1) is 17.7. The largest absolute Gasteiger partial charge is 0.416 e. The number of urea groups is 1. The highest BCUT2D eigenvalue weighted by molar-refractivity contribution is 7.22. The molecule has 0 atom stereocenters. The van der Waals surface area contributed by atoms with E-state index in [0.29, 0.717) is 27.0 Å². The average molecular weight is 527 g/mol. The van der Waals surface area contributed by atoms with Crippen LogP contribution in [0.1, 0.15) is 18.4 Å². The molecule has 4 aromatic rings. The second-order valence-corrected chi connectivity index (χ2v) is 9.52. The highest BCUT2D eigenvalue weighted by Gasteiger charge is 2.31. The first kappa shape index (κ1) is 24.5. The Morgan fingerprint density at radius 3 is 2.38 bits per heavy atom. The lowest BCUT2D eigenvalue weighted by atomic mass is 10.2. The number of alkyl halides is 3. The molecule has 1 aliphatic carbocycles. The van der Waals surface area contributed by atoms with Crippen molar-refractivity contribution in [2.24, 2.45) is 5.92 Å². The van der Waals surface area contributed by atoms with Crippen molar-refractivity contribution >= 4 is 61.6 Å². The number of hydrogen-bond donors (Lipinski definition) is 3. The smallest absolute Gasteiger partial charge is 0.329 e. The zero-order chi connectivity index (χ0) is 26.2. The minimum absolute atomic E-state index is 0.0110. The van der Waals surface area contributed by atoms with Crippen LogP contribution in [0.2, 0.25) is 0 Å². The first-order valence-electron chi connectivity index (χ1n) is 11.3. The van der Waals surface area contributed by atoms with Crippen molar-refractivity contribution in [2.75, 3.05) is 27.9 Å². The van der Waals surface area contributed by atoms with E-state index in [2.05, 4.69) is 25.9 Å². The summed E-state index contributed by atoms with van der Waals surface area (Å²) in [6, 6.07) is 14.3. The van der Waals surface area contributed by atoms with E-state index in [0.717, 1.165) is 30.7 Å². The number of anilines is 5. The molecule has 1 aliphatic rings. The van der Waals surface area contributed by atoms with Gasteiger partial charge in [0, 0.05) is 30.0 Å². The molecule has 5 rings (SSSR count). The van der Waals surface area contributed by atoms with Gasteiger partial charge in [-0.1, -0.05) is 17.4 Å². The predicted octanol–water partition coefficient (Wildman–Crippen LogP) is 6.47. The van der Waals surface area contributed by atoms with E-state index in [4.69, 9.17) is 0 Å². The van der Waals surface area contributed by atoms with Gasteiger partial charge in [-0.3, -0.25) is 4.79 Å². The lowest BCUT2D eigenvalue weighted by Crippen LogP contribution is -2.20. The van der Waals surface area contributed by atoms with Crippen LogP contribution in [0.3, 0.4) is 0 Å². The van der Waals surface area contributed by atoms with Crippen molar-refractivity contribution in [3.63, 3.8) is 0 Å². The van der Waals surface area contributed by atoms with Gasteiger partial charge in [-0.25, -0.2) is 14.8 Å². The molecule has 12 heteroatoms. The van der Waals surface area contributed by atoms with Gasteiger partial charge in [-0.15, -0.1) is 0 Å². The van der Waals surface area contributed by atoms with Crippen LogP contribution in [0.25, 0.3) is 10.3 Å². The van der Waals surface area contributed by atoms with Gasteiger partial charge in [0.1, 0.15) is 16.2 Å². The number of hydrogen-bond acceptors (Lipinski definition) is 6. The standard InChI is InChI=1S/C25H21F3N6O2S/c1-34(20-12-11-19-22(32-20)37-24(31-19)33-21(35)14-5-6-14)18-4-2-3-17(13-18)30-23(36)29-16-9-7-15(8-10-16)25(26,27)28/h2-4,7-14H,5-6H2,1H3,(H2,29,30,36)(H,31,33,35). The zero-order valence-corrected chi connectivity index (χ0v) is 20.3. The highest BCUT2D eigenvalue weighted by Crippen LogP contribution is 2.33. The lowest BCUT2D eigenvalue weighted by molar-refractivity contribution is -0.137.